The van der Waals surface area contributed by atoms with Crippen molar-refractivity contribution in [2.24, 2.45) is 0 Å². The zero-order chi connectivity index (χ0) is 42.6. The summed E-state index contributed by atoms with van der Waals surface area (Å²) in [6.07, 6.45) is 0. The molecule has 0 saturated carbocycles. The second-order valence-electron chi connectivity index (χ2n) is 16.8. The summed E-state index contributed by atoms with van der Waals surface area (Å²) in [6, 6.07) is 77.9. The molecule has 14 rings (SSSR count). The van der Waals surface area contributed by atoms with Crippen molar-refractivity contribution in [2.75, 3.05) is 0 Å². The summed E-state index contributed by atoms with van der Waals surface area (Å²) in [4.78, 5) is 16.0. The molecule has 0 unspecified atom stereocenters. The van der Waals surface area contributed by atoms with E-state index in [0.717, 1.165) is 76.9 Å². The van der Waals surface area contributed by atoms with Gasteiger partial charge in [0.05, 0.1) is 33.1 Å². The minimum absolute atomic E-state index is 0.568. The first-order chi connectivity index (χ1) is 32.3. The second kappa shape index (κ2) is 13.8. The van der Waals surface area contributed by atoms with Crippen LogP contribution in [-0.2, 0) is 0 Å². The van der Waals surface area contributed by atoms with Crippen LogP contribution in [0.2, 0.25) is 0 Å². The highest BCUT2D eigenvalue weighted by Crippen LogP contribution is 2.43. The Kier molecular flexibility index (Phi) is 7.59. The van der Waals surface area contributed by atoms with Crippen molar-refractivity contribution in [3.63, 3.8) is 0 Å². The topological polar surface area (TPSA) is 53.5 Å². The average molecular weight is 829 g/mol. The van der Waals surface area contributed by atoms with Gasteiger partial charge in [-0.3, -0.25) is 4.57 Å². The van der Waals surface area contributed by atoms with Gasteiger partial charge in [-0.1, -0.05) is 158 Å². The van der Waals surface area contributed by atoms with Gasteiger partial charge < -0.3 is 9.13 Å². The zero-order valence-electron chi connectivity index (χ0n) is 35.0. The third-order valence-electron chi connectivity index (χ3n) is 13.3. The van der Waals surface area contributed by atoms with Crippen LogP contribution in [0.4, 0.5) is 0 Å². The Morgan fingerprint density at radius 3 is 1.28 bits per heavy atom. The Labute approximate surface area is 372 Å². The van der Waals surface area contributed by atoms with Crippen molar-refractivity contribution < 1.29 is 0 Å². The normalized spacial score (nSPS) is 12.0. The van der Waals surface area contributed by atoms with Gasteiger partial charge in [0, 0.05) is 54.8 Å². The van der Waals surface area contributed by atoms with E-state index in [4.69, 9.17) is 15.0 Å². The average Bonchev–Trinajstić information content (AvgIpc) is 4.01. The lowest BCUT2D eigenvalue weighted by atomic mass is 10.0. The maximum atomic E-state index is 5.37. The molecule has 0 aliphatic carbocycles. The van der Waals surface area contributed by atoms with E-state index in [1.807, 2.05) is 0 Å². The molecule has 0 amide bonds. The van der Waals surface area contributed by atoms with Crippen molar-refractivity contribution in [1.82, 2.24) is 28.7 Å². The molecule has 4 heterocycles. The van der Waals surface area contributed by atoms with Gasteiger partial charge in [-0.25, -0.2) is 4.98 Å². The van der Waals surface area contributed by atoms with E-state index in [0.29, 0.717) is 17.6 Å². The molecule has 65 heavy (non-hydrogen) atoms. The fourth-order valence-electron chi connectivity index (χ4n) is 10.5. The Morgan fingerprint density at radius 2 is 0.692 bits per heavy atom. The lowest BCUT2D eigenvalue weighted by Crippen LogP contribution is -2.07. The number of rotatable bonds is 5. The van der Waals surface area contributed by atoms with Crippen LogP contribution < -0.4 is 0 Å². The molecule has 302 valence electrons. The standard InChI is InChI=1S/C59H36N6/c1-2-20-39(21-3-1)63-50-30-12-9-25-46(50)55-53(63)34-35-54-56(55)47-26-10-13-31-51(47)64(54)40-32-33-52-48(36-40)43-24-8-11-29-49(43)65(52)59-61-57(44-27-14-18-37-16-4-6-22-41(37)44)60-58(62-59)45-28-15-19-38-17-5-7-23-42(38)45/h1-36H. The number of aromatic nitrogens is 6. The van der Waals surface area contributed by atoms with Crippen molar-refractivity contribution >= 4 is 87.0 Å². The van der Waals surface area contributed by atoms with E-state index in [2.05, 4.69) is 232 Å². The van der Waals surface area contributed by atoms with Gasteiger partial charge in [0.15, 0.2) is 11.6 Å². The van der Waals surface area contributed by atoms with Crippen molar-refractivity contribution in [3.8, 4) is 40.1 Å². The molecule has 4 aromatic heterocycles. The fourth-order valence-corrected chi connectivity index (χ4v) is 10.5. The van der Waals surface area contributed by atoms with E-state index in [9.17, 15) is 0 Å². The van der Waals surface area contributed by atoms with Gasteiger partial charge in [0.1, 0.15) is 0 Å². The predicted molar refractivity (Wildman–Crippen MR) is 269 cm³/mol. The maximum absolute atomic E-state index is 5.37. The molecule has 0 bridgehead atoms. The molecule has 0 radical (unpaired) electrons. The van der Waals surface area contributed by atoms with Crippen LogP contribution in [0.15, 0.2) is 218 Å². The van der Waals surface area contributed by atoms with Gasteiger partial charge in [-0.15, -0.1) is 0 Å². The highest BCUT2D eigenvalue weighted by atomic mass is 15.2. The molecular formula is C59H36N6. The molecule has 0 spiro atoms. The van der Waals surface area contributed by atoms with Crippen molar-refractivity contribution in [2.45, 2.75) is 0 Å². The van der Waals surface area contributed by atoms with Crippen LogP contribution >= 0.6 is 0 Å². The smallest absolute Gasteiger partial charge is 0.238 e. The molecule has 0 N–H and O–H groups in total. The monoisotopic (exact) mass is 828 g/mol. The lowest BCUT2D eigenvalue weighted by molar-refractivity contribution is 0.955. The quantitative estimate of drug-likeness (QED) is 0.174. The number of hydrogen-bond acceptors (Lipinski definition) is 3. The summed E-state index contributed by atoms with van der Waals surface area (Å²) >= 11 is 0. The predicted octanol–water partition coefficient (Wildman–Crippen LogP) is 14.8. The highest BCUT2D eigenvalue weighted by molar-refractivity contribution is 6.29. The number of nitrogens with zero attached hydrogens (tertiary/aromatic N) is 6. The van der Waals surface area contributed by atoms with Crippen molar-refractivity contribution in [1.29, 1.82) is 0 Å². The molecule has 0 saturated heterocycles. The van der Waals surface area contributed by atoms with Gasteiger partial charge in [0.25, 0.3) is 0 Å². The van der Waals surface area contributed by atoms with E-state index in [-0.39, 0.29) is 0 Å². The third-order valence-corrected chi connectivity index (χ3v) is 13.3. The summed E-state index contributed by atoms with van der Waals surface area (Å²) in [7, 11) is 0. The fraction of sp³-hybridized carbons (Fsp3) is 0. The molecule has 0 aliphatic heterocycles. The van der Waals surface area contributed by atoms with Crippen LogP contribution in [0.1, 0.15) is 0 Å². The molecule has 6 nitrogen and oxygen atoms in total. The molecule has 10 aromatic carbocycles. The number of hydrogen-bond donors (Lipinski definition) is 0. The first-order valence-electron chi connectivity index (χ1n) is 22.0. The highest BCUT2D eigenvalue weighted by Gasteiger charge is 2.23. The van der Waals surface area contributed by atoms with E-state index in [1.54, 1.807) is 0 Å². The van der Waals surface area contributed by atoms with Crippen LogP contribution in [0.5, 0.6) is 0 Å². The van der Waals surface area contributed by atoms with E-state index in [1.165, 1.54) is 32.6 Å². The second-order valence-corrected chi connectivity index (χ2v) is 16.8. The first-order valence-corrected chi connectivity index (χ1v) is 22.0. The largest absolute Gasteiger partial charge is 0.309 e. The minimum atomic E-state index is 0.568. The molecule has 0 aliphatic rings. The van der Waals surface area contributed by atoms with Gasteiger partial charge in [0.2, 0.25) is 5.95 Å². The Bertz CT molecular complexity index is 4140. The summed E-state index contributed by atoms with van der Waals surface area (Å²) in [5, 5.41) is 11.7. The van der Waals surface area contributed by atoms with Crippen LogP contribution in [0, 0.1) is 0 Å². The first kappa shape index (κ1) is 35.7. The third kappa shape index (κ3) is 5.25. The number of fused-ring (bicyclic) bond motifs is 12. The lowest BCUT2D eigenvalue weighted by Gasteiger charge is -2.13. The number of para-hydroxylation sites is 4. The van der Waals surface area contributed by atoms with Crippen molar-refractivity contribution in [3.05, 3.63) is 218 Å². The maximum Gasteiger partial charge on any atom is 0.238 e. The van der Waals surface area contributed by atoms with Gasteiger partial charge >= 0.3 is 0 Å². The summed E-state index contributed by atoms with van der Waals surface area (Å²) in [6.45, 7) is 0. The summed E-state index contributed by atoms with van der Waals surface area (Å²) < 4.78 is 7.05. The molecule has 0 fully saturated rings. The SMILES string of the molecule is c1ccc(-n2c3ccccc3c3c4c5ccccc5n(-c5ccc6c(c5)c5ccccc5n6-c5nc(-c6cccc7ccccc67)nc(-c6cccc7ccccc67)n5)c4ccc32)cc1. The minimum Gasteiger partial charge on any atom is -0.309 e. The van der Waals surface area contributed by atoms with E-state index < -0.39 is 0 Å². The van der Waals surface area contributed by atoms with Crippen LogP contribution in [-0.4, -0.2) is 28.7 Å². The Balaban J connectivity index is 1.03. The Morgan fingerprint density at radius 1 is 0.262 bits per heavy atom. The van der Waals surface area contributed by atoms with E-state index >= 15 is 0 Å². The molecule has 6 heteroatoms. The summed E-state index contributed by atoms with van der Waals surface area (Å²) in [5.41, 5.74) is 10.9. The molecule has 14 aromatic rings. The summed E-state index contributed by atoms with van der Waals surface area (Å²) in [5.74, 6) is 1.82. The van der Waals surface area contributed by atoms with Gasteiger partial charge in [-0.05, 0) is 82.2 Å². The van der Waals surface area contributed by atoms with Crippen LogP contribution in [0.3, 0.4) is 0 Å². The van der Waals surface area contributed by atoms with Gasteiger partial charge in [-0.2, -0.15) is 9.97 Å². The number of benzene rings is 10. The molecule has 0 atom stereocenters. The Hall–Kier alpha value is -8.87. The van der Waals surface area contributed by atoms with Crippen LogP contribution in [0.25, 0.3) is 127 Å². The molecular weight excluding hydrogens is 793 g/mol. The zero-order valence-corrected chi connectivity index (χ0v) is 35.0.